The van der Waals surface area contributed by atoms with Gasteiger partial charge in [-0.15, -0.1) is 0 Å². The molecule has 0 saturated heterocycles. The van der Waals surface area contributed by atoms with Crippen LogP contribution in [-0.4, -0.2) is 32.7 Å². The molecule has 1 aliphatic rings. The molecule has 0 aromatic heterocycles. The SMILES string of the molecule is C[C@H](C[NH+](C)C)OC(=O)C1(c2ccccc2)CCCC1. The van der Waals surface area contributed by atoms with Crippen molar-refractivity contribution < 1.29 is 14.4 Å². The molecule has 20 heavy (non-hydrogen) atoms. The first-order chi connectivity index (χ1) is 9.54. The van der Waals surface area contributed by atoms with Crippen LogP contribution in [0.4, 0.5) is 0 Å². The molecule has 0 unspecified atom stereocenters. The maximum Gasteiger partial charge on any atom is 0.317 e. The van der Waals surface area contributed by atoms with E-state index in [2.05, 4.69) is 26.2 Å². The zero-order valence-corrected chi connectivity index (χ0v) is 12.8. The summed E-state index contributed by atoms with van der Waals surface area (Å²) in [6.07, 6.45) is 4.01. The third kappa shape index (κ3) is 3.21. The van der Waals surface area contributed by atoms with Gasteiger partial charge >= 0.3 is 5.97 Å². The molecule has 1 fully saturated rings. The molecule has 3 heteroatoms. The minimum absolute atomic E-state index is 0.0325. The normalized spacial score (nSPS) is 19.0. The second kappa shape index (κ2) is 6.40. The van der Waals surface area contributed by atoms with Crippen LogP contribution in [0, 0.1) is 0 Å². The third-order valence-electron chi connectivity index (χ3n) is 4.18. The highest BCUT2D eigenvalue weighted by Crippen LogP contribution is 2.42. The third-order valence-corrected chi connectivity index (χ3v) is 4.18. The van der Waals surface area contributed by atoms with E-state index in [1.54, 1.807) is 0 Å². The molecule has 3 nitrogen and oxygen atoms in total. The molecule has 1 aliphatic carbocycles. The molecule has 1 atom stereocenters. The van der Waals surface area contributed by atoms with Gasteiger partial charge in [0.05, 0.1) is 19.5 Å². The van der Waals surface area contributed by atoms with E-state index >= 15 is 0 Å². The summed E-state index contributed by atoms with van der Waals surface area (Å²) in [5.41, 5.74) is 0.712. The molecule has 0 amide bonds. The maximum absolute atomic E-state index is 12.7. The Balaban J connectivity index is 2.15. The van der Waals surface area contributed by atoms with Crippen molar-refractivity contribution >= 4 is 5.97 Å². The fourth-order valence-electron chi connectivity index (χ4n) is 3.26. The second-order valence-electron chi connectivity index (χ2n) is 6.28. The Morgan fingerprint density at radius 3 is 2.40 bits per heavy atom. The van der Waals surface area contributed by atoms with Crippen molar-refractivity contribution in [2.45, 2.75) is 44.1 Å². The number of esters is 1. The lowest BCUT2D eigenvalue weighted by atomic mass is 9.79. The zero-order chi connectivity index (χ0) is 14.6. The Morgan fingerprint density at radius 2 is 1.85 bits per heavy atom. The molecule has 1 aromatic rings. The summed E-state index contributed by atoms with van der Waals surface area (Å²) in [4.78, 5) is 14.0. The largest absolute Gasteiger partial charge is 0.456 e. The Morgan fingerprint density at radius 1 is 1.25 bits per heavy atom. The highest BCUT2D eigenvalue weighted by Gasteiger charge is 2.44. The Labute approximate surface area is 121 Å². The molecule has 0 bridgehead atoms. The number of nitrogens with one attached hydrogen (secondary N) is 1. The van der Waals surface area contributed by atoms with E-state index in [1.807, 2.05) is 25.1 Å². The Kier molecular flexibility index (Phi) is 4.81. The second-order valence-corrected chi connectivity index (χ2v) is 6.28. The van der Waals surface area contributed by atoms with E-state index in [0.717, 1.165) is 37.8 Å². The lowest BCUT2D eigenvalue weighted by Crippen LogP contribution is -3.07. The summed E-state index contributed by atoms with van der Waals surface area (Å²) in [7, 11) is 4.15. The highest BCUT2D eigenvalue weighted by atomic mass is 16.5. The van der Waals surface area contributed by atoms with E-state index in [4.69, 9.17) is 4.74 Å². The molecule has 1 saturated carbocycles. The van der Waals surface area contributed by atoms with E-state index in [1.165, 1.54) is 4.90 Å². The van der Waals surface area contributed by atoms with Gasteiger partial charge in [0.25, 0.3) is 0 Å². The summed E-state index contributed by atoms with van der Waals surface area (Å²) in [5, 5.41) is 0. The summed E-state index contributed by atoms with van der Waals surface area (Å²) in [6, 6.07) is 10.1. The summed E-state index contributed by atoms with van der Waals surface area (Å²) in [6.45, 7) is 2.83. The fraction of sp³-hybridized carbons (Fsp3) is 0.588. The summed E-state index contributed by atoms with van der Waals surface area (Å²) >= 11 is 0. The van der Waals surface area contributed by atoms with E-state index in [9.17, 15) is 4.79 Å². The number of quaternary nitrogens is 1. The number of rotatable bonds is 5. The first-order valence-corrected chi connectivity index (χ1v) is 7.60. The van der Waals surface area contributed by atoms with E-state index in [0.29, 0.717) is 0 Å². The van der Waals surface area contributed by atoms with Crippen LogP contribution in [0.1, 0.15) is 38.2 Å². The standard InChI is InChI=1S/C17H25NO2/c1-14(13-18(2)3)20-16(19)17(11-7-8-12-17)15-9-5-4-6-10-15/h4-6,9-10,14H,7-8,11-13H2,1-3H3/p+1/t14-/m1/s1. The van der Waals surface area contributed by atoms with E-state index < -0.39 is 5.41 Å². The molecule has 1 aromatic carbocycles. The smallest absolute Gasteiger partial charge is 0.317 e. The minimum atomic E-state index is -0.406. The lowest BCUT2D eigenvalue weighted by molar-refractivity contribution is -0.861. The van der Waals surface area contributed by atoms with Crippen molar-refractivity contribution in [3.8, 4) is 0 Å². The topological polar surface area (TPSA) is 30.7 Å². The van der Waals surface area contributed by atoms with Gasteiger partial charge in [-0.2, -0.15) is 0 Å². The number of carbonyl (C=O) groups is 1. The van der Waals surface area contributed by atoms with Crippen LogP contribution in [0.25, 0.3) is 0 Å². The van der Waals surface area contributed by atoms with E-state index in [-0.39, 0.29) is 12.1 Å². The van der Waals surface area contributed by atoms with Crippen LogP contribution in [0.2, 0.25) is 0 Å². The fourth-order valence-corrected chi connectivity index (χ4v) is 3.26. The van der Waals surface area contributed by atoms with Gasteiger partial charge in [-0.25, -0.2) is 0 Å². The van der Waals surface area contributed by atoms with Gasteiger partial charge < -0.3 is 9.64 Å². The van der Waals surface area contributed by atoms with Gasteiger partial charge in [0, 0.05) is 0 Å². The van der Waals surface area contributed by atoms with Gasteiger partial charge in [-0.1, -0.05) is 43.2 Å². The summed E-state index contributed by atoms with van der Waals surface area (Å²) < 4.78 is 5.74. The van der Waals surface area contributed by atoms with Gasteiger partial charge in [0.1, 0.15) is 12.6 Å². The average molecular weight is 276 g/mol. The quantitative estimate of drug-likeness (QED) is 0.828. The van der Waals surface area contributed by atoms with Crippen LogP contribution in [0.15, 0.2) is 30.3 Å². The van der Waals surface area contributed by atoms with Crippen LogP contribution in [0.3, 0.4) is 0 Å². The summed E-state index contributed by atoms with van der Waals surface area (Å²) in [5.74, 6) is -0.0325. The number of ether oxygens (including phenoxy) is 1. The van der Waals surface area contributed by atoms with Gasteiger partial charge in [0.15, 0.2) is 0 Å². The predicted octanol–water partition coefficient (Wildman–Crippen LogP) is 1.57. The van der Waals surface area contributed by atoms with Gasteiger partial charge in [-0.3, -0.25) is 4.79 Å². The van der Waals surface area contributed by atoms with Crippen molar-refractivity contribution in [2.75, 3.05) is 20.6 Å². The zero-order valence-electron chi connectivity index (χ0n) is 12.8. The molecule has 2 rings (SSSR count). The predicted molar refractivity (Wildman–Crippen MR) is 79.8 cm³/mol. The highest BCUT2D eigenvalue weighted by molar-refractivity contribution is 5.83. The van der Waals surface area contributed by atoms with Crippen molar-refractivity contribution in [1.82, 2.24) is 0 Å². The lowest BCUT2D eigenvalue weighted by Gasteiger charge is -2.29. The number of likely N-dealkylation sites (N-methyl/N-ethyl adjacent to an activating group) is 1. The molecule has 0 heterocycles. The van der Waals surface area contributed by atoms with Gasteiger partial charge in [0.2, 0.25) is 0 Å². The number of benzene rings is 1. The Hall–Kier alpha value is -1.35. The van der Waals surface area contributed by atoms with Crippen LogP contribution in [0.5, 0.6) is 0 Å². The number of hydrogen-bond acceptors (Lipinski definition) is 2. The van der Waals surface area contributed by atoms with Crippen molar-refractivity contribution in [3.05, 3.63) is 35.9 Å². The van der Waals surface area contributed by atoms with Crippen molar-refractivity contribution in [3.63, 3.8) is 0 Å². The first kappa shape index (κ1) is 15.0. The Bertz CT molecular complexity index is 436. The number of hydrogen-bond donors (Lipinski definition) is 1. The maximum atomic E-state index is 12.7. The molecular weight excluding hydrogens is 250 g/mol. The molecule has 0 radical (unpaired) electrons. The van der Waals surface area contributed by atoms with Crippen LogP contribution in [-0.2, 0) is 14.9 Å². The minimum Gasteiger partial charge on any atom is -0.456 e. The molecule has 1 N–H and O–H groups in total. The molecule has 0 spiro atoms. The average Bonchev–Trinajstić information content (AvgIpc) is 2.89. The van der Waals surface area contributed by atoms with Crippen molar-refractivity contribution in [1.29, 1.82) is 0 Å². The monoisotopic (exact) mass is 276 g/mol. The molecular formula is C17H26NO2+. The van der Waals surface area contributed by atoms with Gasteiger partial charge in [-0.05, 0) is 25.3 Å². The van der Waals surface area contributed by atoms with Crippen LogP contribution < -0.4 is 4.90 Å². The molecule has 0 aliphatic heterocycles. The number of carbonyl (C=O) groups excluding carboxylic acids is 1. The first-order valence-electron chi connectivity index (χ1n) is 7.60. The van der Waals surface area contributed by atoms with Crippen LogP contribution >= 0.6 is 0 Å². The molecule has 110 valence electrons. The van der Waals surface area contributed by atoms with Crippen molar-refractivity contribution in [2.24, 2.45) is 0 Å².